The first kappa shape index (κ1) is 19.0. The molecule has 1 amide bonds. The number of amides is 1. The molecule has 0 aliphatic carbocycles. The molecule has 1 aromatic heterocycles. The number of likely N-dealkylation sites (N-methyl/N-ethyl adjacent to an activating group) is 1. The minimum atomic E-state index is -4.38. The van der Waals surface area contributed by atoms with Gasteiger partial charge in [-0.3, -0.25) is 14.3 Å². The van der Waals surface area contributed by atoms with Gasteiger partial charge in [0.05, 0.1) is 12.1 Å². The minimum Gasteiger partial charge on any atom is -0.481 e. The number of nitrogens with zero attached hydrogens (tertiary/aromatic N) is 3. The number of aliphatic carboxylic acids is 1. The molecule has 130 valence electrons. The predicted octanol–water partition coefficient (Wildman–Crippen LogP) is 1.93. The fourth-order valence-electron chi connectivity index (χ4n) is 2.19. The Hall–Kier alpha value is -2.06. The molecule has 0 atom stereocenters. The highest BCUT2D eigenvalue weighted by Gasteiger charge is 2.30. The van der Waals surface area contributed by atoms with Gasteiger partial charge in [-0.15, -0.1) is 0 Å². The molecule has 0 aliphatic rings. The van der Waals surface area contributed by atoms with E-state index >= 15 is 0 Å². The number of aromatic nitrogens is 2. The Morgan fingerprint density at radius 1 is 1.30 bits per heavy atom. The van der Waals surface area contributed by atoms with Crippen LogP contribution in [-0.2, 0) is 22.6 Å². The SMILES string of the molecule is Cc1nn(CC(F)(F)F)c(C)c1CC(=O)N(C)CCCC(=O)O. The van der Waals surface area contributed by atoms with Crippen molar-refractivity contribution in [3.8, 4) is 0 Å². The topological polar surface area (TPSA) is 75.4 Å². The number of alkyl halides is 3. The minimum absolute atomic E-state index is 0.0425. The molecule has 1 N–H and O–H groups in total. The molecule has 0 aromatic carbocycles. The summed E-state index contributed by atoms with van der Waals surface area (Å²) < 4.78 is 38.3. The number of carbonyl (C=O) groups excluding carboxylic acids is 1. The molecule has 0 saturated heterocycles. The van der Waals surface area contributed by atoms with E-state index in [9.17, 15) is 22.8 Å². The van der Waals surface area contributed by atoms with Crippen LogP contribution in [0.15, 0.2) is 0 Å². The van der Waals surface area contributed by atoms with E-state index in [0.717, 1.165) is 4.68 Å². The van der Waals surface area contributed by atoms with Crippen LogP contribution in [0.4, 0.5) is 13.2 Å². The third-order valence-electron chi connectivity index (χ3n) is 3.50. The van der Waals surface area contributed by atoms with E-state index < -0.39 is 18.7 Å². The number of halogens is 3. The summed E-state index contributed by atoms with van der Waals surface area (Å²) in [7, 11) is 1.54. The van der Waals surface area contributed by atoms with Crippen LogP contribution in [0, 0.1) is 13.8 Å². The summed E-state index contributed by atoms with van der Waals surface area (Å²) >= 11 is 0. The molecular formula is C14H20F3N3O3. The molecule has 0 bridgehead atoms. The van der Waals surface area contributed by atoms with Gasteiger partial charge in [0.25, 0.3) is 0 Å². The highest BCUT2D eigenvalue weighted by Crippen LogP contribution is 2.21. The van der Waals surface area contributed by atoms with Gasteiger partial charge >= 0.3 is 12.1 Å². The van der Waals surface area contributed by atoms with E-state index in [1.807, 2.05) is 0 Å². The standard InChI is InChI=1S/C14H20F3N3O3/c1-9-11(10(2)20(18-9)8-14(15,16)17)7-12(21)19(3)6-4-5-13(22)23/h4-8H2,1-3H3,(H,22,23). The van der Waals surface area contributed by atoms with Crippen LogP contribution >= 0.6 is 0 Å². The number of carboxylic acid groups (broad SMARTS) is 1. The Kier molecular flexibility index (Phi) is 6.17. The van der Waals surface area contributed by atoms with Crippen molar-refractivity contribution >= 4 is 11.9 Å². The zero-order valence-corrected chi connectivity index (χ0v) is 13.3. The van der Waals surface area contributed by atoms with E-state index in [1.165, 1.54) is 18.9 Å². The Labute approximate surface area is 131 Å². The quantitative estimate of drug-likeness (QED) is 0.826. The summed E-state index contributed by atoms with van der Waals surface area (Å²) in [5, 5.41) is 12.4. The van der Waals surface area contributed by atoms with Crippen molar-refractivity contribution in [2.45, 2.75) is 45.8 Å². The highest BCUT2D eigenvalue weighted by molar-refractivity contribution is 5.79. The van der Waals surface area contributed by atoms with Gasteiger partial charge in [0, 0.05) is 31.3 Å². The van der Waals surface area contributed by atoms with Crippen molar-refractivity contribution in [2.75, 3.05) is 13.6 Å². The van der Waals surface area contributed by atoms with Crippen LogP contribution in [0.3, 0.4) is 0 Å². The van der Waals surface area contributed by atoms with Crippen LogP contribution in [0.1, 0.15) is 29.8 Å². The Balaban J connectivity index is 2.73. The molecule has 9 heteroatoms. The molecule has 6 nitrogen and oxygen atoms in total. The fourth-order valence-corrected chi connectivity index (χ4v) is 2.19. The second kappa shape index (κ2) is 7.47. The summed E-state index contributed by atoms with van der Waals surface area (Å²) in [4.78, 5) is 23.9. The molecule has 0 spiro atoms. The van der Waals surface area contributed by atoms with E-state index in [1.54, 1.807) is 6.92 Å². The molecule has 0 fully saturated rings. The third kappa shape index (κ3) is 5.91. The van der Waals surface area contributed by atoms with Crippen LogP contribution in [0.25, 0.3) is 0 Å². The molecule has 1 rings (SSSR count). The summed E-state index contributed by atoms with van der Waals surface area (Å²) in [5.74, 6) is -1.22. The van der Waals surface area contributed by atoms with Crippen LogP contribution < -0.4 is 0 Å². The summed E-state index contributed by atoms with van der Waals surface area (Å²) in [6.45, 7) is 2.15. The monoisotopic (exact) mass is 335 g/mol. The maximum Gasteiger partial charge on any atom is 0.408 e. The van der Waals surface area contributed by atoms with Gasteiger partial charge in [0.2, 0.25) is 5.91 Å². The molecule has 0 radical (unpaired) electrons. The molecule has 0 unspecified atom stereocenters. The molecule has 1 aromatic rings. The Morgan fingerprint density at radius 3 is 2.43 bits per heavy atom. The second-order valence-corrected chi connectivity index (χ2v) is 5.41. The zero-order chi connectivity index (χ0) is 17.8. The average molecular weight is 335 g/mol. The Morgan fingerprint density at radius 2 is 1.91 bits per heavy atom. The maximum atomic E-state index is 12.5. The normalized spacial score (nSPS) is 11.6. The molecule has 1 heterocycles. The van der Waals surface area contributed by atoms with Crippen molar-refractivity contribution in [2.24, 2.45) is 0 Å². The summed E-state index contributed by atoms with van der Waals surface area (Å²) in [6, 6.07) is 0. The zero-order valence-electron chi connectivity index (χ0n) is 13.3. The number of carboxylic acids is 1. The molecule has 0 saturated carbocycles. The fraction of sp³-hybridized carbons (Fsp3) is 0.643. The van der Waals surface area contributed by atoms with Crippen molar-refractivity contribution in [1.82, 2.24) is 14.7 Å². The van der Waals surface area contributed by atoms with Gasteiger partial charge < -0.3 is 10.0 Å². The lowest BCUT2D eigenvalue weighted by Gasteiger charge is -2.17. The van der Waals surface area contributed by atoms with E-state index in [4.69, 9.17) is 5.11 Å². The van der Waals surface area contributed by atoms with Gasteiger partial charge in [-0.1, -0.05) is 0 Å². The van der Waals surface area contributed by atoms with E-state index in [2.05, 4.69) is 5.10 Å². The maximum absolute atomic E-state index is 12.5. The van der Waals surface area contributed by atoms with Gasteiger partial charge in [0.1, 0.15) is 6.54 Å². The molecular weight excluding hydrogens is 315 g/mol. The first-order valence-electron chi connectivity index (χ1n) is 7.06. The lowest BCUT2D eigenvalue weighted by Crippen LogP contribution is -2.29. The van der Waals surface area contributed by atoms with E-state index in [-0.39, 0.29) is 25.3 Å². The smallest absolute Gasteiger partial charge is 0.408 e. The Bertz CT molecular complexity index is 582. The average Bonchev–Trinajstić information content (AvgIpc) is 2.63. The number of hydrogen-bond acceptors (Lipinski definition) is 3. The van der Waals surface area contributed by atoms with E-state index in [0.29, 0.717) is 23.4 Å². The van der Waals surface area contributed by atoms with Crippen LogP contribution in [0.5, 0.6) is 0 Å². The third-order valence-corrected chi connectivity index (χ3v) is 3.50. The van der Waals surface area contributed by atoms with Crippen molar-refractivity contribution in [3.05, 3.63) is 17.0 Å². The lowest BCUT2D eigenvalue weighted by molar-refractivity contribution is -0.143. The first-order chi connectivity index (χ1) is 10.5. The number of carbonyl (C=O) groups is 2. The largest absolute Gasteiger partial charge is 0.481 e. The first-order valence-corrected chi connectivity index (χ1v) is 7.06. The van der Waals surface area contributed by atoms with Crippen molar-refractivity contribution < 1.29 is 27.9 Å². The number of hydrogen-bond donors (Lipinski definition) is 1. The lowest BCUT2D eigenvalue weighted by atomic mass is 10.1. The summed E-state index contributed by atoms with van der Waals surface area (Å²) in [6.07, 6.45) is -4.15. The number of rotatable bonds is 7. The predicted molar refractivity (Wildman–Crippen MR) is 76.0 cm³/mol. The van der Waals surface area contributed by atoms with Gasteiger partial charge in [-0.25, -0.2) is 0 Å². The summed E-state index contributed by atoms with van der Waals surface area (Å²) in [5.41, 5.74) is 1.18. The van der Waals surface area contributed by atoms with Crippen LogP contribution in [-0.4, -0.2) is 51.4 Å². The highest BCUT2D eigenvalue weighted by atomic mass is 19.4. The van der Waals surface area contributed by atoms with Gasteiger partial charge in [-0.2, -0.15) is 18.3 Å². The van der Waals surface area contributed by atoms with Gasteiger partial charge in [-0.05, 0) is 20.3 Å². The molecule has 23 heavy (non-hydrogen) atoms. The number of aryl methyl sites for hydroxylation is 1. The van der Waals surface area contributed by atoms with Crippen molar-refractivity contribution in [1.29, 1.82) is 0 Å². The second-order valence-electron chi connectivity index (χ2n) is 5.41. The molecule has 0 aliphatic heterocycles. The van der Waals surface area contributed by atoms with Crippen molar-refractivity contribution in [3.63, 3.8) is 0 Å². The van der Waals surface area contributed by atoms with Crippen LogP contribution in [0.2, 0.25) is 0 Å². The van der Waals surface area contributed by atoms with Gasteiger partial charge in [0.15, 0.2) is 0 Å².